The van der Waals surface area contributed by atoms with Gasteiger partial charge in [-0.25, -0.2) is 4.79 Å². The average molecular weight is 313 g/mol. The van der Waals surface area contributed by atoms with E-state index < -0.39 is 0 Å². The molecule has 0 atom stereocenters. The van der Waals surface area contributed by atoms with Crippen molar-refractivity contribution < 1.29 is 9.53 Å². The van der Waals surface area contributed by atoms with Crippen LogP contribution in [-0.4, -0.2) is 24.2 Å². The van der Waals surface area contributed by atoms with Crippen LogP contribution in [0.4, 0.5) is 4.79 Å². The number of pyridine rings is 1. The van der Waals surface area contributed by atoms with Gasteiger partial charge in [-0.3, -0.25) is 4.98 Å². The lowest BCUT2D eigenvalue weighted by Crippen LogP contribution is -2.37. The Labute approximate surface area is 137 Å². The largest absolute Gasteiger partial charge is 0.491 e. The Morgan fingerprint density at radius 2 is 1.91 bits per heavy atom. The van der Waals surface area contributed by atoms with E-state index in [9.17, 15) is 4.79 Å². The van der Waals surface area contributed by atoms with Gasteiger partial charge in [0.05, 0.1) is 6.54 Å². The van der Waals surface area contributed by atoms with Crippen LogP contribution in [0.3, 0.4) is 0 Å². The third-order valence-corrected chi connectivity index (χ3v) is 3.41. The molecule has 0 spiro atoms. The Morgan fingerprint density at radius 3 is 2.57 bits per heavy atom. The van der Waals surface area contributed by atoms with Crippen LogP contribution in [0.25, 0.3) is 0 Å². The van der Waals surface area contributed by atoms with Crippen LogP contribution in [0.15, 0.2) is 36.7 Å². The number of nitrogens with zero attached hydrogens (tertiary/aromatic N) is 1. The summed E-state index contributed by atoms with van der Waals surface area (Å²) in [5, 5.41) is 5.56. The maximum atomic E-state index is 11.7. The molecule has 0 aliphatic carbocycles. The fraction of sp³-hybridized carbons (Fsp3) is 0.333. The summed E-state index contributed by atoms with van der Waals surface area (Å²) in [4.78, 5) is 15.7. The molecule has 0 bridgehead atoms. The van der Waals surface area contributed by atoms with E-state index in [0.29, 0.717) is 19.7 Å². The molecule has 1 aromatic carbocycles. The number of urea groups is 1. The van der Waals surface area contributed by atoms with Crippen molar-refractivity contribution in [2.75, 3.05) is 13.2 Å². The number of amides is 2. The average Bonchev–Trinajstić information content (AvgIpc) is 2.52. The number of aryl methyl sites for hydroxylation is 3. The van der Waals surface area contributed by atoms with E-state index in [1.807, 2.05) is 26.0 Å². The molecule has 0 saturated carbocycles. The number of aromatic nitrogens is 1. The van der Waals surface area contributed by atoms with E-state index >= 15 is 0 Å². The lowest BCUT2D eigenvalue weighted by molar-refractivity contribution is 0.236. The zero-order valence-corrected chi connectivity index (χ0v) is 13.8. The monoisotopic (exact) mass is 313 g/mol. The van der Waals surface area contributed by atoms with E-state index in [1.54, 1.807) is 12.4 Å². The number of rotatable bonds is 6. The molecule has 5 nitrogen and oxygen atoms in total. The standard InChI is InChI=1S/C18H23N3O2/c1-13-9-14(2)17(15(3)10-13)23-8-7-20-18(22)21-12-16-5-4-6-19-11-16/h4-6,9-11H,7-8,12H2,1-3H3,(H2,20,21,22). The Bertz CT molecular complexity index is 634. The second-order valence-electron chi connectivity index (χ2n) is 5.55. The van der Waals surface area contributed by atoms with Crippen LogP contribution < -0.4 is 15.4 Å². The molecule has 122 valence electrons. The van der Waals surface area contributed by atoms with Crippen molar-refractivity contribution in [3.8, 4) is 5.75 Å². The van der Waals surface area contributed by atoms with E-state index in [4.69, 9.17) is 4.74 Å². The van der Waals surface area contributed by atoms with Crippen molar-refractivity contribution in [2.24, 2.45) is 0 Å². The molecular weight excluding hydrogens is 290 g/mol. The second kappa shape index (κ2) is 8.17. The molecule has 2 rings (SSSR count). The van der Waals surface area contributed by atoms with Gasteiger partial charge >= 0.3 is 6.03 Å². The number of hydrogen-bond acceptors (Lipinski definition) is 3. The van der Waals surface area contributed by atoms with Crippen molar-refractivity contribution in [3.63, 3.8) is 0 Å². The first-order chi connectivity index (χ1) is 11.1. The van der Waals surface area contributed by atoms with Crippen molar-refractivity contribution in [1.82, 2.24) is 15.6 Å². The number of carbonyl (C=O) groups excluding carboxylic acids is 1. The molecule has 0 fully saturated rings. The van der Waals surface area contributed by atoms with Gasteiger partial charge in [0.2, 0.25) is 0 Å². The molecule has 5 heteroatoms. The predicted octanol–water partition coefficient (Wildman–Crippen LogP) is 2.89. The van der Waals surface area contributed by atoms with Crippen LogP contribution in [0.1, 0.15) is 22.3 Å². The van der Waals surface area contributed by atoms with E-state index in [2.05, 4.69) is 34.7 Å². The fourth-order valence-corrected chi connectivity index (χ4v) is 2.46. The third kappa shape index (κ3) is 5.29. The van der Waals surface area contributed by atoms with Crippen molar-refractivity contribution in [1.29, 1.82) is 0 Å². The van der Waals surface area contributed by atoms with Gasteiger partial charge in [0, 0.05) is 18.9 Å². The molecule has 0 radical (unpaired) electrons. The molecule has 0 saturated heterocycles. The van der Waals surface area contributed by atoms with Gasteiger partial charge in [-0.15, -0.1) is 0 Å². The minimum Gasteiger partial charge on any atom is -0.491 e. The summed E-state index contributed by atoms with van der Waals surface area (Å²) in [7, 11) is 0. The van der Waals surface area contributed by atoms with Gasteiger partial charge in [0.25, 0.3) is 0 Å². The third-order valence-electron chi connectivity index (χ3n) is 3.41. The first-order valence-electron chi connectivity index (χ1n) is 7.67. The molecule has 0 unspecified atom stereocenters. The molecule has 1 heterocycles. The molecule has 0 aliphatic heterocycles. The molecule has 1 aromatic heterocycles. The second-order valence-corrected chi connectivity index (χ2v) is 5.55. The summed E-state index contributed by atoms with van der Waals surface area (Å²) < 4.78 is 5.78. The summed E-state index contributed by atoms with van der Waals surface area (Å²) in [5.74, 6) is 0.896. The number of benzene rings is 1. The summed E-state index contributed by atoms with van der Waals surface area (Å²) >= 11 is 0. The van der Waals surface area contributed by atoms with E-state index in [1.165, 1.54) is 5.56 Å². The SMILES string of the molecule is Cc1cc(C)c(OCCNC(=O)NCc2cccnc2)c(C)c1. The van der Waals surface area contributed by atoms with Crippen LogP contribution in [0.5, 0.6) is 5.75 Å². The summed E-state index contributed by atoms with van der Waals surface area (Å²) in [5.41, 5.74) is 4.41. The zero-order valence-electron chi connectivity index (χ0n) is 13.8. The Balaban J connectivity index is 1.70. The molecule has 0 aliphatic rings. The van der Waals surface area contributed by atoms with Gasteiger partial charge < -0.3 is 15.4 Å². The zero-order chi connectivity index (χ0) is 16.7. The Kier molecular flexibility index (Phi) is 5.97. The van der Waals surface area contributed by atoms with Crippen molar-refractivity contribution >= 4 is 6.03 Å². The van der Waals surface area contributed by atoms with E-state index in [-0.39, 0.29) is 6.03 Å². The van der Waals surface area contributed by atoms with Crippen molar-refractivity contribution in [2.45, 2.75) is 27.3 Å². The lowest BCUT2D eigenvalue weighted by Gasteiger charge is -2.13. The number of nitrogens with one attached hydrogen (secondary N) is 2. The van der Waals surface area contributed by atoms with Crippen LogP contribution >= 0.6 is 0 Å². The van der Waals surface area contributed by atoms with Gasteiger partial charge in [-0.1, -0.05) is 23.8 Å². The highest BCUT2D eigenvalue weighted by atomic mass is 16.5. The summed E-state index contributed by atoms with van der Waals surface area (Å²) in [6, 6.07) is 7.73. The van der Waals surface area contributed by atoms with Crippen molar-refractivity contribution in [3.05, 3.63) is 58.9 Å². The molecule has 23 heavy (non-hydrogen) atoms. The summed E-state index contributed by atoms with van der Waals surface area (Å²) in [6.07, 6.45) is 3.43. The van der Waals surface area contributed by atoms with Crippen LogP contribution in [0.2, 0.25) is 0 Å². The first kappa shape index (κ1) is 16.8. The maximum Gasteiger partial charge on any atom is 0.315 e. The fourth-order valence-electron chi connectivity index (χ4n) is 2.46. The highest BCUT2D eigenvalue weighted by Crippen LogP contribution is 2.24. The molecule has 2 aromatic rings. The van der Waals surface area contributed by atoms with Crippen LogP contribution in [-0.2, 0) is 6.54 Å². The summed E-state index contributed by atoms with van der Waals surface area (Å²) in [6.45, 7) is 7.47. The van der Waals surface area contributed by atoms with E-state index in [0.717, 1.165) is 22.4 Å². The molecule has 2 amide bonds. The van der Waals surface area contributed by atoms with Gasteiger partial charge in [-0.2, -0.15) is 0 Å². The number of hydrogen-bond donors (Lipinski definition) is 2. The van der Waals surface area contributed by atoms with Gasteiger partial charge in [0.1, 0.15) is 12.4 Å². The number of ether oxygens (including phenoxy) is 1. The minimum absolute atomic E-state index is 0.213. The topological polar surface area (TPSA) is 63.2 Å². The molecular formula is C18H23N3O2. The highest BCUT2D eigenvalue weighted by molar-refractivity contribution is 5.73. The Hall–Kier alpha value is -2.56. The smallest absolute Gasteiger partial charge is 0.315 e. The lowest BCUT2D eigenvalue weighted by atomic mass is 10.1. The normalized spacial score (nSPS) is 10.2. The van der Waals surface area contributed by atoms with Gasteiger partial charge in [-0.05, 0) is 43.5 Å². The highest BCUT2D eigenvalue weighted by Gasteiger charge is 2.05. The maximum absolute atomic E-state index is 11.7. The van der Waals surface area contributed by atoms with Gasteiger partial charge in [0.15, 0.2) is 0 Å². The first-order valence-corrected chi connectivity index (χ1v) is 7.67. The molecule has 2 N–H and O–H groups in total. The number of carbonyl (C=O) groups is 1. The quantitative estimate of drug-likeness (QED) is 0.806. The Morgan fingerprint density at radius 1 is 1.17 bits per heavy atom. The predicted molar refractivity (Wildman–Crippen MR) is 90.6 cm³/mol. The minimum atomic E-state index is -0.213. The van der Waals surface area contributed by atoms with Crippen LogP contribution in [0, 0.1) is 20.8 Å².